The molecule has 0 saturated carbocycles. The molecule has 196 valence electrons. The minimum atomic E-state index is 0.0560. The van der Waals surface area contributed by atoms with Crippen molar-refractivity contribution in [3.63, 3.8) is 0 Å². The lowest BCUT2D eigenvalue weighted by atomic mass is 9.44. The highest BCUT2D eigenvalue weighted by atomic mass is 32.1. The lowest BCUT2D eigenvalue weighted by molar-refractivity contribution is 1.17. The fourth-order valence-electron chi connectivity index (χ4n) is 7.87. The smallest absolute Gasteiger partial charge is 0.333 e. The number of aromatic nitrogens is 1. The summed E-state index contributed by atoms with van der Waals surface area (Å²) in [5.74, 6) is 0. The SMILES string of the molecule is Cc1cc2c3c(c1)-n1c4ccccc4c4cccc(c41)B3N(c1ccccc1C)c1c-2ccc2c1sc1ccccc12. The molecule has 0 saturated heterocycles. The van der Waals surface area contributed by atoms with Crippen molar-refractivity contribution in [3.05, 3.63) is 126 Å². The van der Waals surface area contributed by atoms with Gasteiger partial charge < -0.3 is 9.38 Å². The van der Waals surface area contributed by atoms with Gasteiger partial charge in [-0.2, -0.15) is 0 Å². The Balaban J connectivity index is 1.45. The molecule has 2 nitrogen and oxygen atoms in total. The zero-order chi connectivity index (χ0) is 27.7. The van der Waals surface area contributed by atoms with Crippen LogP contribution in [0.4, 0.5) is 11.4 Å². The van der Waals surface area contributed by atoms with Gasteiger partial charge in [0.05, 0.1) is 21.4 Å². The molecule has 4 heterocycles. The van der Waals surface area contributed by atoms with Crippen LogP contribution >= 0.6 is 11.3 Å². The molecule has 0 amide bonds. The van der Waals surface area contributed by atoms with Gasteiger partial charge in [-0.3, -0.25) is 0 Å². The van der Waals surface area contributed by atoms with Gasteiger partial charge in [-0.15, -0.1) is 11.3 Å². The topological polar surface area (TPSA) is 8.17 Å². The number of rotatable bonds is 1. The Morgan fingerprint density at radius 3 is 2.31 bits per heavy atom. The van der Waals surface area contributed by atoms with E-state index in [0.717, 1.165) is 0 Å². The van der Waals surface area contributed by atoms with Gasteiger partial charge in [0.25, 0.3) is 0 Å². The molecule has 0 fully saturated rings. The highest BCUT2D eigenvalue weighted by molar-refractivity contribution is 7.26. The standard InChI is InChI=1S/C38H25BN2S/c1-22-20-29-27-18-19-28-25-12-5-8-17-34(25)42-38(28)37(27)41(31-15-6-3-10-23(31)2)39-30-14-9-13-26-24-11-4-7-16-32(24)40(36(26)30)33(21-22)35(29)39/h3-21H,1-2H3. The number of hydrogen-bond acceptors (Lipinski definition) is 2. The van der Waals surface area contributed by atoms with Crippen LogP contribution in [-0.2, 0) is 0 Å². The maximum absolute atomic E-state index is 2.68. The molecular formula is C38H25BN2S. The monoisotopic (exact) mass is 552 g/mol. The van der Waals surface area contributed by atoms with Gasteiger partial charge >= 0.3 is 6.85 Å². The van der Waals surface area contributed by atoms with E-state index in [1.165, 1.54) is 92.2 Å². The summed E-state index contributed by atoms with van der Waals surface area (Å²) in [6.07, 6.45) is 0. The van der Waals surface area contributed by atoms with E-state index in [-0.39, 0.29) is 6.85 Å². The van der Waals surface area contributed by atoms with Gasteiger partial charge in [0.2, 0.25) is 0 Å². The zero-order valence-corrected chi connectivity index (χ0v) is 24.2. The average molecular weight is 553 g/mol. The van der Waals surface area contributed by atoms with Crippen molar-refractivity contribution in [2.24, 2.45) is 0 Å². The van der Waals surface area contributed by atoms with Gasteiger partial charge in [-0.05, 0) is 65.7 Å². The predicted octanol–water partition coefficient (Wildman–Crippen LogP) is 9.01. The lowest BCUT2D eigenvalue weighted by Gasteiger charge is -2.43. The Labute approximate surface area is 248 Å². The Morgan fingerprint density at radius 2 is 1.40 bits per heavy atom. The summed E-state index contributed by atoms with van der Waals surface area (Å²) in [5, 5.41) is 5.32. The summed E-state index contributed by atoms with van der Waals surface area (Å²) in [6.45, 7) is 4.56. The minimum Gasteiger partial charge on any atom is -0.375 e. The Bertz CT molecular complexity index is 2460. The molecule has 0 atom stereocenters. The third-order valence-corrected chi connectivity index (χ3v) is 10.7. The second-order valence-corrected chi connectivity index (χ2v) is 12.9. The van der Waals surface area contributed by atoms with Crippen molar-refractivity contribution in [1.29, 1.82) is 0 Å². The molecule has 2 aliphatic heterocycles. The van der Waals surface area contributed by atoms with E-state index >= 15 is 0 Å². The third-order valence-electron chi connectivity index (χ3n) is 9.52. The van der Waals surface area contributed by atoms with Crippen LogP contribution < -0.4 is 15.7 Å². The fraction of sp³-hybridized carbons (Fsp3) is 0.0526. The number of fused-ring (bicyclic) bond motifs is 11. The number of aryl methyl sites for hydroxylation is 2. The van der Waals surface area contributed by atoms with E-state index in [1.54, 1.807) is 0 Å². The van der Waals surface area contributed by atoms with Crippen LogP contribution in [0.3, 0.4) is 0 Å². The molecule has 0 bridgehead atoms. The number of benzene rings is 6. The van der Waals surface area contributed by atoms with Gasteiger partial charge in [-0.25, -0.2) is 0 Å². The van der Waals surface area contributed by atoms with E-state index in [0.29, 0.717) is 0 Å². The van der Waals surface area contributed by atoms with E-state index in [9.17, 15) is 0 Å². The molecule has 6 aromatic carbocycles. The summed E-state index contributed by atoms with van der Waals surface area (Å²) in [4.78, 5) is 2.68. The first-order valence-corrected chi connectivity index (χ1v) is 15.5. The maximum atomic E-state index is 2.68. The van der Waals surface area contributed by atoms with Gasteiger partial charge in [0.1, 0.15) is 0 Å². The first-order chi connectivity index (χ1) is 20.7. The summed E-state index contributed by atoms with van der Waals surface area (Å²) in [7, 11) is 0. The maximum Gasteiger partial charge on any atom is 0.333 e. The predicted molar refractivity (Wildman–Crippen MR) is 182 cm³/mol. The van der Waals surface area contributed by atoms with Gasteiger partial charge in [-0.1, -0.05) is 91.0 Å². The molecule has 2 aromatic heterocycles. The molecule has 0 N–H and O–H groups in total. The van der Waals surface area contributed by atoms with Crippen LogP contribution in [0.1, 0.15) is 11.1 Å². The van der Waals surface area contributed by atoms with Crippen molar-refractivity contribution in [2.75, 3.05) is 4.81 Å². The second kappa shape index (κ2) is 7.93. The fourth-order valence-corrected chi connectivity index (χ4v) is 9.11. The summed E-state index contributed by atoms with van der Waals surface area (Å²) in [5.41, 5.74) is 14.5. The Hall–Kier alpha value is -4.80. The quantitative estimate of drug-likeness (QED) is 0.185. The molecule has 8 aromatic rings. The first-order valence-electron chi connectivity index (χ1n) is 14.7. The van der Waals surface area contributed by atoms with E-state index in [1.807, 2.05) is 11.3 Å². The van der Waals surface area contributed by atoms with E-state index in [2.05, 4.69) is 138 Å². The molecular weight excluding hydrogens is 527 g/mol. The minimum absolute atomic E-state index is 0.0560. The Morgan fingerprint density at radius 1 is 0.619 bits per heavy atom. The molecule has 0 spiro atoms. The number of thiophene rings is 1. The molecule has 4 heteroatoms. The Kier molecular flexibility index (Phi) is 4.32. The van der Waals surface area contributed by atoms with Crippen LogP contribution in [-0.4, -0.2) is 11.4 Å². The number of hydrogen-bond donors (Lipinski definition) is 0. The summed E-state index contributed by atoms with van der Waals surface area (Å²) >= 11 is 1.93. The van der Waals surface area contributed by atoms with Crippen LogP contribution in [0, 0.1) is 13.8 Å². The van der Waals surface area contributed by atoms with Crippen molar-refractivity contribution >= 4 is 82.5 Å². The van der Waals surface area contributed by atoms with Gasteiger partial charge in [0.15, 0.2) is 0 Å². The van der Waals surface area contributed by atoms with E-state index < -0.39 is 0 Å². The number of nitrogens with zero attached hydrogens (tertiary/aromatic N) is 2. The second-order valence-electron chi connectivity index (χ2n) is 11.8. The largest absolute Gasteiger partial charge is 0.375 e. The summed E-state index contributed by atoms with van der Waals surface area (Å²) in [6, 6.07) is 43.2. The zero-order valence-electron chi connectivity index (χ0n) is 23.3. The van der Waals surface area contributed by atoms with Crippen molar-refractivity contribution < 1.29 is 0 Å². The molecule has 0 radical (unpaired) electrons. The van der Waals surface area contributed by atoms with Crippen LogP contribution in [0.2, 0.25) is 0 Å². The van der Waals surface area contributed by atoms with E-state index in [4.69, 9.17) is 0 Å². The van der Waals surface area contributed by atoms with Gasteiger partial charge in [0, 0.05) is 43.2 Å². The first kappa shape index (κ1) is 22.8. The molecule has 2 aliphatic rings. The van der Waals surface area contributed by atoms with Crippen molar-refractivity contribution in [1.82, 2.24) is 4.57 Å². The third kappa shape index (κ3) is 2.71. The average Bonchev–Trinajstić information content (AvgIpc) is 3.57. The van der Waals surface area contributed by atoms with Crippen LogP contribution in [0.25, 0.3) is 58.8 Å². The molecule has 42 heavy (non-hydrogen) atoms. The highest BCUT2D eigenvalue weighted by Gasteiger charge is 2.44. The highest BCUT2D eigenvalue weighted by Crippen LogP contribution is 2.51. The summed E-state index contributed by atoms with van der Waals surface area (Å²) < 4.78 is 5.25. The number of anilines is 2. The molecule has 10 rings (SSSR count). The number of para-hydroxylation sites is 3. The normalized spacial score (nSPS) is 13.4. The van der Waals surface area contributed by atoms with Crippen LogP contribution in [0.15, 0.2) is 115 Å². The van der Waals surface area contributed by atoms with Crippen molar-refractivity contribution in [3.8, 4) is 16.8 Å². The lowest BCUT2D eigenvalue weighted by Crippen LogP contribution is -2.60. The van der Waals surface area contributed by atoms with Crippen LogP contribution in [0.5, 0.6) is 0 Å². The molecule has 0 unspecified atom stereocenters. The van der Waals surface area contributed by atoms with Crippen molar-refractivity contribution in [2.45, 2.75) is 13.8 Å². The molecule has 0 aliphatic carbocycles.